The second-order valence-corrected chi connectivity index (χ2v) is 7.41. The van der Waals surface area contributed by atoms with Gasteiger partial charge >= 0.3 is 0 Å². The molecular weight excluding hydrogens is 274 g/mol. The molecule has 3 nitrogen and oxygen atoms in total. The van der Waals surface area contributed by atoms with E-state index in [-0.39, 0.29) is 0 Å². The predicted molar refractivity (Wildman–Crippen MR) is 87.7 cm³/mol. The number of hydrogen-bond acceptors (Lipinski definition) is 5. The van der Waals surface area contributed by atoms with Gasteiger partial charge in [-0.25, -0.2) is 4.98 Å². The predicted octanol–water partition coefficient (Wildman–Crippen LogP) is 3.45. The van der Waals surface area contributed by atoms with E-state index in [2.05, 4.69) is 49.8 Å². The molecule has 0 bridgehead atoms. The molecule has 108 valence electrons. The van der Waals surface area contributed by atoms with Gasteiger partial charge in [0, 0.05) is 29.8 Å². The molecule has 19 heavy (non-hydrogen) atoms. The highest BCUT2D eigenvalue weighted by atomic mass is 32.2. The first-order valence-corrected chi connectivity index (χ1v) is 9.11. The minimum absolute atomic E-state index is 0.414. The Labute approximate surface area is 125 Å². The molecule has 1 fully saturated rings. The van der Waals surface area contributed by atoms with Crippen molar-refractivity contribution in [3.8, 4) is 0 Å². The lowest BCUT2D eigenvalue weighted by molar-refractivity contribution is 0.575. The molecule has 2 rings (SSSR count). The van der Waals surface area contributed by atoms with E-state index in [9.17, 15) is 0 Å². The van der Waals surface area contributed by atoms with E-state index in [0.29, 0.717) is 12.1 Å². The number of rotatable bonds is 6. The Hall–Kier alpha value is -0.260. The molecule has 0 amide bonds. The number of anilines is 1. The molecular formula is C14H25N3S2. The van der Waals surface area contributed by atoms with Gasteiger partial charge in [-0.3, -0.25) is 0 Å². The lowest BCUT2D eigenvalue weighted by atomic mass is 10.2. The Balaban J connectivity index is 2.06. The van der Waals surface area contributed by atoms with Crippen LogP contribution in [0.4, 0.5) is 5.13 Å². The standard InChI is InChI=1S/C14H25N3S2/c1-5-7-15-10(2)13-11(3)16-14(19-13)17(4)12-6-8-18-9-12/h10,12,15H,5-9H2,1-4H3. The van der Waals surface area contributed by atoms with Crippen LogP contribution < -0.4 is 10.2 Å². The summed E-state index contributed by atoms with van der Waals surface area (Å²) in [5.41, 5.74) is 1.19. The fourth-order valence-corrected chi connectivity index (χ4v) is 4.78. The van der Waals surface area contributed by atoms with E-state index in [1.807, 2.05) is 11.3 Å². The lowest BCUT2D eigenvalue weighted by Gasteiger charge is -2.22. The Bertz CT molecular complexity index is 399. The summed E-state index contributed by atoms with van der Waals surface area (Å²) in [7, 11) is 2.20. The fraction of sp³-hybridized carbons (Fsp3) is 0.786. The monoisotopic (exact) mass is 299 g/mol. The van der Waals surface area contributed by atoms with Gasteiger partial charge < -0.3 is 10.2 Å². The molecule has 0 aliphatic carbocycles. The molecule has 0 radical (unpaired) electrons. The molecule has 2 heterocycles. The number of aryl methyl sites for hydroxylation is 1. The Morgan fingerprint density at radius 3 is 2.95 bits per heavy atom. The van der Waals surface area contributed by atoms with Crippen LogP contribution >= 0.6 is 23.1 Å². The van der Waals surface area contributed by atoms with E-state index < -0.39 is 0 Å². The highest BCUT2D eigenvalue weighted by molar-refractivity contribution is 7.99. The molecule has 1 aliphatic rings. The van der Waals surface area contributed by atoms with Crippen LogP contribution in [0.3, 0.4) is 0 Å². The maximum atomic E-state index is 4.78. The molecule has 2 unspecified atom stereocenters. The van der Waals surface area contributed by atoms with Gasteiger partial charge in [0.05, 0.1) is 5.69 Å². The van der Waals surface area contributed by atoms with Crippen molar-refractivity contribution in [2.45, 2.75) is 45.7 Å². The first-order chi connectivity index (χ1) is 9.13. The van der Waals surface area contributed by atoms with Crippen LogP contribution in [0.2, 0.25) is 0 Å². The number of aromatic nitrogens is 1. The number of nitrogens with zero attached hydrogens (tertiary/aromatic N) is 2. The Morgan fingerprint density at radius 1 is 1.53 bits per heavy atom. The van der Waals surface area contributed by atoms with Crippen LogP contribution in [0.15, 0.2) is 0 Å². The van der Waals surface area contributed by atoms with Crippen molar-refractivity contribution in [3.63, 3.8) is 0 Å². The van der Waals surface area contributed by atoms with Crippen LogP contribution in [0.25, 0.3) is 0 Å². The van der Waals surface area contributed by atoms with Crippen LogP contribution in [0.1, 0.15) is 43.3 Å². The molecule has 5 heteroatoms. The zero-order valence-corrected chi connectivity index (χ0v) is 14.0. The third-order valence-electron chi connectivity index (χ3n) is 3.67. The summed E-state index contributed by atoms with van der Waals surface area (Å²) in [5, 5.41) is 4.74. The summed E-state index contributed by atoms with van der Waals surface area (Å²) in [6, 6.07) is 1.08. The van der Waals surface area contributed by atoms with Crippen molar-refractivity contribution in [2.24, 2.45) is 0 Å². The average molecular weight is 300 g/mol. The normalized spacial score (nSPS) is 20.7. The molecule has 1 aromatic heterocycles. The van der Waals surface area contributed by atoms with E-state index >= 15 is 0 Å². The van der Waals surface area contributed by atoms with Gasteiger partial charge in [-0.2, -0.15) is 11.8 Å². The van der Waals surface area contributed by atoms with Crippen LogP contribution in [-0.2, 0) is 0 Å². The quantitative estimate of drug-likeness (QED) is 0.871. The van der Waals surface area contributed by atoms with Gasteiger partial charge in [-0.05, 0) is 39.0 Å². The molecule has 1 aliphatic heterocycles. The number of nitrogens with one attached hydrogen (secondary N) is 1. The van der Waals surface area contributed by atoms with Crippen molar-refractivity contribution in [2.75, 3.05) is 30.0 Å². The number of thioether (sulfide) groups is 1. The molecule has 1 saturated heterocycles. The maximum Gasteiger partial charge on any atom is 0.185 e. The summed E-state index contributed by atoms with van der Waals surface area (Å²) in [6.07, 6.45) is 2.47. The fourth-order valence-electron chi connectivity index (χ4n) is 2.38. The number of thiazole rings is 1. The van der Waals surface area contributed by atoms with Gasteiger partial charge in [-0.15, -0.1) is 11.3 Å². The first-order valence-electron chi connectivity index (χ1n) is 7.14. The summed E-state index contributed by atoms with van der Waals surface area (Å²) in [5.74, 6) is 2.54. The van der Waals surface area contributed by atoms with Gasteiger partial charge in [0.25, 0.3) is 0 Å². The molecule has 1 N–H and O–H groups in total. The largest absolute Gasteiger partial charge is 0.347 e. The minimum Gasteiger partial charge on any atom is -0.347 e. The lowest BCUT2D eigenvalue weighted by Crippen LogP contribution is -2.31. The highest BCUT2D eigenvalue weighted by Gasteiger charge is 2.24. The van der Waals surface area contributed by atoms with Gasteiger partial charge in [0.2, 0.25) is 0 Å². The zero-order chi connectivity index (χ0) is 13.8. The second-order valence-electron chi connectivity index (χ2n) is 5.25. The third kappa shape index (κ3) is 3.64. The zero-order valence-electron chi connectivity index (χ0n) is 12.4. The van der Waals surface area contributed by atoms with Crippen molar-refractivity contribution >= 4 is 28.2 Å². The van der Waals surface area contributed by atoms with Crippen molar-refractivity contribution in [3.05, 3.63) is 10.6 Å². The molecule has 0 spiro atoms. The first kappa shape index (κ1) is 15.1. The molecule has 0 saturated carbocycles. The van der Waals surface area contributed by atoms with E-state index in [4.69, 9.17) is 4.98 Å². The molecule has 0 aromatic carbocycles. The van der Waals surface area contributed by atoms with Crippen LogP contribution in [0.5, 0.6) is 0 Å². The Morgan fingerprint density at radius 2 is 2.32 bits per heavy atom. The van der Waals surface area contributed by atoms with E-state index in [0.717, 1.165) is 6.54 Å². The van der Waals surface area contributed by atoms with Crippen molar-refractivity contribution in [1.29, 1.82) is 0 Å². The van der Waals surface area contributed by atoms with E-state index in [1.54, 1.807) is 0 Å². The maximum absolute atomic E-state index is 4.78. The second kappa shape index (κ2) is 6.95. The van der Waals surface area contributed by atoms with Crippen LogP contribution in [0, 0.1) is 6.92 Å². The van der Waals surface area contributed by atoms with Gasteiger partial charge in [-0.1, -0.05) is 6.92 Å². The average Bonchev–Trinajstić information content (AvgIpc) is 3.04. The van der Waals surface area contributed by atoms with E-state index in [1.165, 1.54) is 40.0 Å². The smallest absolute Gasteiger partial charge is 0.185 e. The van der Waals surface area contributed by atoms with Crippen LogP contribution in [-0.4, -0.2) is 36.1 Å². The van der Waals surface area contributed by atoms with Gasteiger partial charge in [0.1, 0.15) is 0 Å². The summed E-state index contributed by atoms with van der Waals surface area (Å²) < 4.78 is 0. The minimum atomic E-state index is 0.414. The topological polar surface area (TPSA) is 28.2 Å². The van der Waals surface area contributed by atoms with Crippen molar-refractivity contribution < 1.29 is 0 Å². The highest BCUT2D eigenvalue weighted by Crippen LogP contribution is 2.33. The third-order valence-corrected chi connectivity index (χ3v) is 6.25. The summed E-state index contributed by atoms with van der Waals surface area (Å²) >= 11 is 3.91. The molecule has 1 aromatic rings. The van der Waals surface area contributed by atoms with Gasteiger partial charge in [0.15, 0.2) is 5.13 Å². The van der Waals surface area contributed by atoms with Crippen molar-refractivity contribution in [1.82, 2.24) is 10.3 Å². The summed E-state index contributed by atoms with van der Waals surface area (Å²) in [6.45, 7) is 7.65. The Kier molecular flexibility index (Phi) is 5.54. The molecule has 2 atom stereocenters. The SMILES string of the molecule is CCCNC(C)c1sc(N(C)C2CCSC2)nc1C. The summed E-state index contributed by atoms with van der Waals surface area (Å²) in [4.78, 5) is 8.55. The number of hydrogen-bond donors (Lipinski definition) is 1.